The first-order chi connectivity index (χ1) is 10.2. The Morgan fingerprint density at radius 1 is 1.18 bits per heavy atom. The number of anilines is 1. The monoisotopic (exact) mass is 306 g/mol. The highest BCUT2D eigenvalue weighted by molar-refractivity contribution is 5.98. The van der Waals surface area contributed by atoms with Crippen LogP contribution in [0.15, 0.2) is 18.2 Å². The Labute approximate surface area is 132 Å². The topological polar surface area (TPSA) is 69.6 Å². The molecule has 0 fully saturated rings. The van der Waals surface area contributed by atoms with Crippen LogP contribution in [0.25, 0.3) is 0 Å². The van der Waals surface area contributed by atoms with Crippen molar-refractivity contribution in [2.45, 2.75) is 46.7 Å². The number of carboxylic acid groups (broad SMARTS) is 1. The third-order valence-corrected chi connectivity index (χ3v) is 4.21. The Morgan fingerprint density at radius 2 is 1.77 bits per heavy atom. The Morgan fingerprint density at radius 3 is 2.27 bits per heavy atom. The third kappa shape index (κ3) is 4.00. The number of rotatable bonds is 6. The molecule has 0 saturated heterocycles. The Bertz CT molecular complexity index is 555. The molecule has 0 saturated carbocycles. The maximum atomic E-state index is 12.5. The lowest BCUT2D eigenvalue weighted by molar-refractivity contribution is -0.141. The predicted octanol–water partition coefficient (Wildman–Crippen LogP) is 3.00. The molecule has 1 rings (SSSR count). The first-order valence-electron chi connectivity index (χ1n) is 7.52. The van der Waals surface area contributed by atoms with Gasteiger partial charge in [0.2, 0.25) is 0 Å². The van der Waals surface area contributed by atoms with E-state index in [-0.39, 0.29) is 11.9 Å². The van der Waals surface area contributed by atoms with E-state index in [9.17, 15) is 9.59 Å². The van der Waals surface area contributed by atoms with E-state index in [1.165, 1.54) is 18.9 Å². The van der Waals surface area contributed by atoms with Gasteiger partial charge in [-0.25, -0.2) is 4.79 Å². The van der Waals surface area contributed by atoms with Crippen LogP contribution in [0.1, 0.15) is 43.6 Å². The molecule has 2 N–H and O–H groups in total. The van der Waals surface area contributed by atoms with Crippen molar-refractivity contribution in [1.29, 1.82) is 0 Å². The average molecular weight is 306 g/mol. The number of aliphatic carboxylic acids is 1. The van der Waals surface area contributed by atoms with E-state index >= 15 is 0 Å². The molecular weight excluding hydrogens is 280 g/mol. The third-order valence-electron chi connectivity index (χ3n) is 4.21. The number of carbonyl (C=O) groups excluding carboxylic acids is 1. The maximum Gasteiger partial charge on any atom is 0.326 e. The first-order valence-corrected chi connectivity index (χ1v) is 7.52. The van der Waals surface area contributed by atoms with Gasteiger partial charge in [0, 0.05) is 24.3 Å². The molecule has 0 aliphatic rings. The normalized spacial score (nSPS) is 13.6. The summed E-state index contributed by atoms with van der Waals surface area (Å²) in [5.74, 6) is -0.835. The molecule has 0 bridgehead atoms. The highest BCUT2D eigenvalue weighted by Crippen LogP contribution is 2.22. The van der Waals surface area contributed by atoms with Gasteiger partial charge in [-0.2, -0.15) is 0 Å². The van der Waals surface area contributed by atoms with Gasteiger partial charge in [0.05, 0.1) is 0 Å². The lowest BCUT2D eigenvalue weighted by atomic mass is 10.0. The van der Waals surface area contributed by atoms with E-state index in [4.69, 9.17) is 5.11 Å². The minimum absolute atomic E-state index is 0.278. The zero-order valence-corrected chi connectivity index (χ0v) is 14.2. The SMILES string of the molecule is Cc1c(NC(C)C(C)C)cccc1C(=O)N(C)C(C)C(=O)O. The van der Waals surface area contributed by atoms with Crippen molar-refractivity contribution < 1.29 is 14.7 Å². The Kier molecular flexibility index (Phi) is 5.97. The van der Waals surface area contributed by atoms with Crippen LogP contribution >= 0.6 is 0 Å². The molecule has 1 aromatic rings. The minimum atomic E-state index is -1.02. The number of amides is 1. The maximum absolute atomic E-state index is 12.5. The smallest absolute Gasteiger partial charge is 0.326 e. The van der Waals surface area contributed by atoms with Crippen LogP contribution in [0.2, 0.25) is 0 Å². The number of hydrogen-bond acceptors (Lipinski definition) is 3. The molecule has 1 aromatic carbocycles. The van der Waals surface area contributed by atoms with Gasteiger partial charge in [-0.1, -0.05) is 19.9 Å². The number of nitrogens with zero attached hydrogens (tertiary/aromatic N) is 1. The van der Waals surface area contributed by atoms with Crippen molar-refractivity contribution in [3.63, 3.8) is 0 Å². The number of nitrogens with one attached hydrogen (secondary N) is 1. The summed E-state index contributed by atoms with van der Waals surface area (Å²) in [4.78, 5) is 24.8. The highest BCUT2D eigenvalue weighted by atomic mass is 16.4. The molecule has 0 spiro atoms. The molecule has 5 nitrogen and oxygen atoms in total. The lowest BCUT2D eigenvalue weighted by Crippen LogP contribution is -2.40. The zero-order valence-electron chi connectivity index (χ0n) is 14.2. The predicted molar refractivity (Wildman–Crippen MR) is 88.3 cm³/mol. The van der Waals surface area contributed by atoms with E-state index in [1.54, 1.807) is 6.07 Å². The van der Waals surface area contributed by atoms with Crippen molar-refractivity contribution in [3.05, 3.63) is 29.3 Å². The van der Waals surface area contributed by atoms with Crippen molar-refractivity contribution >= 4 is 17.6 Å². The van der Waals surface area contributed by atoms with Crippen LogP contribution in [-0.2, 0) is 4.79 Å². The van der Waals surface area contributed by atoms with E-state index in [1.807, 2.05) is 19.1 Å². The number of carbonyl (C=O) groups is 2. The molecule has 2 atom stereocenters. The number of likely N-dealkylation sites (N-methyl/N-ethyl adjacent to an activating group) is 1. The molecule has 0 heterocycles. The molecule has 0 aromatic heterocycles. The minimum Gasteiger partial charge on any atom is -0.480 e. The molecule has 22 heavy (non-hydrogen) atoms. The second-order valence-corrected chi connectivity index (χ2v) is 6.09. The fourth-order valence-electron chi connectivity index (χ4n) is 1.97. The van der Waals surface area contributed by atoms with Crippen molar-refractivity contribution in [2.75, 3.05) is 12.4 Å². The van der Waals surface area contributed by atoms with Gasteiger partial charge < -0.3 is 15.3 Å². The molecule has 0 aliphatic carbocycles. The fraction of sp³-hybridized carbons (Fsp3) is 0.529. The lowest BCUT2D eigenvalue weighted by Gasteiger charge is -2.24. The standard InChI is InChI=1S/C17H26N2O3/c1-10(2)12(4)18-15-9-7-8-14(11(15)3)16(20)19(6)13(5)17(21)22/h7-10,12-13,18H,1-6H3,(H,21,22). The average Bonchev–Trinajstić information content (AvgIpc) is 2.46. The molecule has 5 heteroatoms. The van der Waals surface area contributed by atoms with E-state index in [2.05, 4.69) is 26.1 Å². The van der Waals surface area contributed by atoms with Crippen LogP contribution in [0.5, 0.6) is 0 Å². The van der Waals surface area contributed by atoms with Crippen molar-refractivity contribution in [1.82, 2.24) is 4.90 Å². The summed E-state index contributed by atoms with van der Waals surface area (Å²) in [5, 5.41) is 12.5. The largest absolute Gasteiger partial charge is 0.480 e. The second kappa shape index (κ2) is 7.29. The van der Waals surface area contributed by atoms with Crippen LogP contribution in [0, 0.1) is 12.8 Å². The summed E-state index contributed by atoms with van der Waals surface area (Å²) in [6, 6.07) is 4.90. The van der Waals surface area contributed by atoms with Crippen molar-refractivity contribution in [3.8, 4) is 0 Å². The molecule has 2 unspecified atom stereocenters. The van der Waals surface area contributed by atoms with E-state index in [0.29, 0.717) is 11.5 Å². The summed E-state index contributed by atoms with van der Waals surface area (Å²) in [5.41, 5.74) is 2.27. The van der Waals surface area contributed by atoms with Gasteiger partial charge in [0.1, 0.15) is 6.04 Å². The number of hydrogen-bond donors (Lipinski definition) is 2. The molecular formula is C17H26N2O3. The van der Waals surface area contributed by atoms with Gasteiger partial charge in [0.15, 0.2) is 0 Å². The van der Waals surface area contributed by atoms with Gasteiger partial charge in [-0.15, -0.1) is 0 Å². The molecule has 1 amide bonds. The second-order valence-electron chi connectivity index (χ2n) is 6.09. The van der Waals surface area contributed by atoms with E-state index in [0.717, 1.165) is 11.3 Å². The molecule has 0 aliphatic heterocycles. The van der Waals surface area contributed by atoms with Gasteiger partial charge in [-0.05, 0) is 44.4 Å². The summed E-state index contributed by atoms with van der Waals surface area (Å²) in [7, 11) is 1.51. The number of benzene rings is 1. The van der Waals surface area contributed by atoms with Crippen LogP contribution in [0.3, 0.4) is 0 Å². The Balaban J connectivity index is 3.06. The molecule has 122 valence electrons. The fourth-order valence-corrected chi connectivity index (χ4v) is 1.97. The first kappa shape index (κ1) is 18.0. The summed E-state index contributed by atoms with van der Waals surface area (Å²) >= 11 is 0. The highest BCUT2D eigenvalue weighted by Gasteiger charge is 2.24. The van der Waals surface area contributed by atoms with Crippen molar-refractivity contribution in [2.24, 2.45) is 5.92 Å². The summed E-state index contributed by atoms with van der Waals surface area (Å²) in [6.07, 6.45) is 0. The summed E-state index contributed by atoms with van der Waals surface area (Å²) < 4.78 is 0. The van der Waals surface area contributed by atoms with Gasteiger partial charge in [-0.3, -0.25) is 4.79 Å². The van der Waals surface area contributed by atoms with Crippen LogP contribution in [0.4, 0.5) is 5.69 Å². The van der Waals surface area contributed by atoms with Crippen LogP contribution in [-0.4, -0.2) is 41.0 Å². The molecule has 0 radical (unpaired) electrons. The quantitative estimate of drug-likeness (QED) is 0.847. The summed E-state index contributed by atoms with van der Waals surface area (Å²) in [6.45, 7) is 9.73. The van der Waals surface area contributed by atoms with Gasteiger partial charge >= 0.3 is 5.97 Å². The van der Waals surface area contributed by atoms with Crippen LogP contribution < -0.4 is 5.32 Å². The zero-order chi connectivity index (χ0) is 17.0. The van der Waals surface area contributed by atoms with Gasteiger partial charge in [0.25, 0.3) is 5.91 Å². The van der Waals surface area contributed by atoms with E-state index < -0.39 is 12.0 Å². The number of carboxylic acids is 1. The Hall–Kier alpha value is -2.04.